The summed E-state index contributed by atoms with van der Waals surface area (Å²) < 4.78 is 1.09. The van der Waals surface area contributed by atoms with Crippen LogP contribution in [0.3, 0.4) is 0 Å². The molecule has 2 aromatic heterocycles. The first-order valence-electron chi connectivity index (χ1n) is 13.6. The molecular formula is C37H23N3S. The predicted octanol–water partition coefficient (Wildman–Crippen LogP) is 10.1. The van der Waals surface area contributed by atoms with Crippen molar-refractivity contribution < 1.29 is 0 Å². The Bertz CT molecular complexity index is 2130. The number of thiazole rings is 1. The first-order chi connectivity index (χ1) is 20.3. The van der Waals surface area contributed by atoms with Gasteiger partial charge in [0.05, 0.1) is 21.6 Å². The number of benzene rings is 6. The highest BCUT2D eigenvalue weighted by Crippen LogP contribution is 2.43. The van der Waals surface area contributed by atoms with Gasteiger partial charge >= 0.3 is 0 Å². The fourth-order valence-electron chi connectivity index (χ4n) is 5.52. The second kappa shape index (κ2) is 9.77. The third-order valence-corrected chi connectivity index (χ3v) is 8.63. The zero-order valence-corrected chi connectivity index (χ0v) is 22.8. The maximum atomic E-state index is 5.27. The van der Waals surface area contributed by atoms with E-state index in [1.165, 1.54) is 16.2 Å². The van der Waals surface area contributed by atoms with E-state index in [2.05, 4.69) is 97.1 Å². The summed E-state index contributed by atoms with van der Waals surface area (Å²) in [4.78, 5) is 15.6. The minimum absolute atomic E-state index is 0.702. The third-order valence-electron chi connectivity index (χ3n) is 7.50. The van der Waals surface area contributed by atoms with E-state index in [-0.39, 0.29) is 0 Å². The van der Waals surface area contributed by atoms with Gasteiger partial charge in [0.2, 0.25) is 0 Å². The lowest BCUT2D eigenvalue weighted by Crippen LogP contribution is -1.96. The van der Waals surface area contributed by atoms with E-state index in [4.69, 9.17) is 15.0 Å². The zero-order chi connectivity index (χ0) is 27.2. The van der Waals surface area contributed by atoms with Gasteiger partial charge in [-0.25, -0.2) is 15.0 Å². The molecule has 0 aliphatic heterocycles. The van der Waals surface area contributed by atoms with Gasteiger partial charge < -0.3 is 0 Å². The molecule has 0 N–H and O–H groups in total. The van der Waals surface area contributed by atoms with E-state index in [9.17, 15) is 0 Å². The van der Waals surface area contributed by atoms with Crippen LogP contribution in [0.1, 0.15) is 0 Å². The van der Waals surface area contributed by atoms with Gasteiger partial charge in [-0.15, -0.1) is 11.3 Å². The summed E-state index contributed by atoms with van der Waals surface area (Å²) in [6.07, 6.45) is 0. The normalized spacial score (nSPS) is 11.4. The molecule has 0 amide bonds. The number of rotatable bonds is 4. The van der Waals surface area contributed by atoms with Crippen molar-refractivity contribution in [3.8, 4) is 44.5 Å². The van der Waals surface area contributed by atoms with Crippen molar-refractivity contribution in [1.82, 2.24) is 15.0 Å². The van der Waals surface area contributed by atoms with Gasteiger partial charge in [-0.05, 0) is 28.3 Å². The smallest absolute Gasteiger partial charge is 0.161 e. The van der Waals surface area contributed by atoms with Gasteiger partial charge in [-0.2, -0.15) is 0 Å². The maximum absolute atomic E-state index is 5.27. The quantitative estimate of drug-likeness (QED) is 0.208. The summed E-state index contributed by atoms with van der Waals surface area (Å²) in [6.45, 7) is 0. The standard InChI is InChI=1S/C37H23N3S/c1-4-13-25(14-5-1)31-23-32(26-15-6-2-7-16-26)39-36(38-31)30-22-28-21-20-24-12-10-11-19-29(24)33(28)34-35(30)41-37(40-34)27-17-8-3-9-18-27/h1-23H. The molecule has 4 heteroatoms. The SMILES string of the molecule is c1ccc(-c2cc(-c3ccccc3)nc(-c3cc4ccc5ccccc5c4c4nc(-c5ccccc5)sc34)n2)cc1. The van der Waals surface area contributed by atoms with Crippen molar-refractivity contribution >= 4 is 43.1 Å². The molecule has 0 aliphatic rings. The molecule has 8 rings (SSSR count). The van der Waals surface area contributed by atoms with Crippen molar-refractivity contribution in [3.63, 3.8) is 0 Å². The predicted molar refractivity (Wildman–Crippen MR) is 172 cm³/mol. The Morgan fingerprint density at radius 3 is 1.68 bits per heavy atom. The Balaban J connectivity index is 1.46. The summed E-state index contributed by atoms with van der Waals surface area (Å²) >= 11 is 1.71. The average molecular weight is 542 g/mol. The molecule has 8 aromatic rings. The van der Waals surface area contributed by atoms with E-state index in [0.29, 0.717) is 5.82 Å². The van der Waals surface area contributed by atoms with E-state index >= 15 is 0 Å². The van der Waals surface area contributed by atoms with Gasteiger partial charge in [0.15, 0.2) is 5.82 Å². The fourth-order valence-corrected chi connectivity index (χ4v) is 6.61. The Kier molecular flexibility index (Phi) is 5.64. The van der Waals surface area contributed by atoms with Crippen LogP contribution in [0.4, 0.5) is 0 Å². The molecule has 0 aliphatic carbocycles. The first kappa shape index (κ1) is 23.7. The highest BCUT2D eigenvalue weighted by Gasteiger charge is 2.19. The van der Waals surface area contributed by atoms with Crippen LogP contribution in [0.15, 0.2) is 140 Å². The molecule has 192 valence electrons. The molecule has 0 spiro atoms. The molecule has 3 nitrogen and oxygen atoms in total. The van der Waals surface area contributed by atoms with Crippen LogP contribution in [-0.2, 0) is 0 Å². The van der Waals surface area contributed by atoms with Gasteiger partial charge in [-0.1, -0.05) is 127 Å². The van der Waals surface area contributed by atoms with Crippen LogP contribution in [-0.4, -0.2) is 15.0 Å². The van der Waals surface area contributed by atoms with Crippen molar-refractivity contribution in [2.24, 2.45) is 0 Å². The summed E-state index contributed by atoms with van der Waals surface area (Å²) in [5, 5.41) is 5.70. The summed E-state index contributed by atoms with van der Waals surface area (Å²) in [5.41, 5.74) is 7.02. The van der Waals surface area contributed by atoms with Gasteiger partial charge in [0, 0.05) is 27.6 Å². The van der Waals surface area contributed by atoms with E-state index in [1.807, 2.05) is 42.5 Å². The minimum atomic E-state index is 0.702. The van der Waals surface area contributed by atoms with E-state index < -0.39 is 0 Å². The van der Waals surface area contributed by atoms with Crippen molar-refractivity contribution in [1.29, 1.82) is 0 Å². The molecule has 41 heavy (non-hydrogen) atoms. The van der Waals surface area contributed by atoms with Crippen LogP contribution in [0.2, 0.25) is 0 Å². The van der Waals surface area contributed by atoms with Crippen molar-refractivity contribution in [2.75, 3.05) is 0 Å². The number of fused-ring (bicyclic) bond motifs is 5. The van der Waals surface area contributed by atoms with E-state index in [0.717, 1.165) is 54.3 Å². The van der Waals surface area contributed by atoms with Gasteiger partial charge in [0.25, 0.3) is 0 Å². The van der Waals surface area contributed by atoms with Crippen LogP contribution in [0, 0.1) is 0 Å². The Hall–Kier alpha value is -5.19. The first-order valence-corrected chi connectivity index (χ1v) is 14.4. The summed E-state index contributed by atoms with van der Waals surface area (Å²) in [7, 11) is 0. The van der Waals surface area contributed by atoms with Crippen LogP contribution < -0.4 is 0 Å². The van der Waals surface area contributed by atoms with Crippen molar-refractivity contribution in [3.05, 3.63) is 140 Å². The van der Waals surface area contributed by atoms with Crippen molar-refractivity contribution in [2.45, 2.75) is 0 Å². The Morgan fingerprint density at radius 2 is 1.02 bits per heavy atom. The van der Waals surface area contributed by atoms with Gasteiger partial charge in [-0.3, -0.25) is 0 Å². The maximum Gasteiger partial charge on any atom is 0.161 e. The van der Waals surface area contributed by atoms with Crippen LogP contribution in [0.25, 0.3) is 76.2 Å². The average Bonchev–Trinajstić information content (AvgIpc) is 3.51. The largest absolute Gasteiger partial charge is 0.235 e. The van der Waals surface area contributed by atoms with Gasteiger partial charge in [0.1, 0.15) is 5.01 Å². The zero-order valence-electron chi connectivity index (χ0n) is 22.0. The summed E-state index contributed by atoms with van der Waals surface area (Å²) in [6, 6.07) is 48.3. The highest BCUT2D eigenvalue weighted by atomic mass is 32.1. The molecule has 0 atom stereocenters. The molecule has 0 fully saturated rings. The molecule has 0 radical (unpaired) electrons. The second-order valence-corrected chi connectivity index (χ2v) is 11.1. The number of aromatic nitrogens is 3. The Morgan fingerprint density at radius 1 is 0.463 bits per heavy atom. The molecule has 0 saturated heterocycles. The number of hydrogen-bond acceptors (Lipinski definition) is 4. The molecule has 0 saturated carbocycles. The molecule has 0 bridgehead atoms. The minimum Gasteiger partial charge on any atom is -0.235 e. The summed E-state index contributed by atoms with van der Waals surface area (Å²) in [5.74, 6) is 0.702. The third kappa shape index (κ3) is 4.17. The molecule has 2 heterocycles. The fraction of sp³-hybridized carbons (Fsp3) is 0. The topological polar surface area (TPSA) is 38.7 Å². The lowest BCUT2D eigenvalue weighted by atomic mass is 9.98. The Labute approximate surface area is 241 Å². The monoisotopic (exact) mass is 541 g/mol. The lowest BCUT2D eigenvalue weighted by molar-refractivity contribution is 1.19. The number of nitrogens with zero attached hydrogens (tertiary/aromatic N) is 3. The highest BCUT2D eigenvalue weighted by molar-refractivity contribution is 7.22. The number of hydrogen-bond donors (Lipinski definition) is 0. The van der Waals surface area contributed by atoms with Crippen LogP contribution in [0.5, 0.6) is 0 Å². The lowest BCUT2D eigenvalue weighted by Gasteiger charge is -2.12. The van der Waals surface area contributed by atoms with E-state index in [1.54, 1.807) is 11.3 Å². The van der Waals surface area contributed by atoms with Crippen LogP contribution >= 0.6 is 11.3 Å². The molecule has 0 unspecified atom stereocenters. The second-order valence-electron chi connectivity index (χ2n) is 10.1. The molecular weight excluding hydrogens is 518 g/mol. The molecule has 6 aromatic carbocycles.